The van der Waals surface area contributed by atoms with E-state index in [1.165, 1.54) is 0 Å². The number of aliphatic hydroxyl groups excluding tert-OH is 1. The summed E-state index contributed by atoms with van der Waals surface area (Å²) in [5.41, 5.74) is 6.14. The molecule has 1 aromatic heterocycles. The zero-order valence-corrected chi connectivity index (χ0v) is 13.1. The number of nitrogens with one attached hydrogen (secondary N) is 1. The number of hydrogen-bond acceptors (Lipinski definition) is 4. The summed E-state index contributed by atoms with van der Waals surface area (Å²) in [4.78, 5) is 8.14. The Morgan fingerprint density at radius 1 is 1.35 bits per heavy atom. The summed E-state index contributed by atoms with van der Waals surface area (Å²) in [7, 11) is 0. The molecule has 0 atom stereocenters. The van der Waals surface area contributed by atoms with Crippen LogP contribution in [-0.2, 0) is 6.61 Å². The number of nitrogens with zero attached hydrogens (tertiary/aromatic N) is 3. The van der Waals surface area contributed by atoms with Gasteiger partial charge >= 0.3 is 0 Å². The van der Waals surface area contributed by atoms with Crippen molar-refractivity contribution in [3.8, 4) is 0 Å². The first-order valence-corrected chi connectivity index (χ1v) is 6.09. The zero-order valence-electron chi connectivity index (χ0n) is 10.8. The summed E-state index contributed by atoms with van der Waals surface area (Å²) in [5.74, 6) is 0.821. The van der Waals surface area contributed by atoms with Crippen molar-refractivity contribution in [3.63, 3.8) is 0 Å². The number of nitrogens with two attached hydrogens (primary N) is 1. The molecule has 2 rings (SSSR count). The number of rotatable bonds is 2. The van der Waals surface area contributed by atoms with Gasteiger partial charge in [-0.05, 0) is 11.6 Å². The molecule has 0 aliphatic carbocycles. The molecule has 1 saturated heterocycles. The number of guanidine groups is 1. The molecule has 0 amide bonds. The first-order chi connectivity index (χ1) is 8.61. The molecule has 1 fully saturated rings. The van der Waals surface area contributed by atoms with Gasteiger partial charge in [0.15, 0.2) is 5.96 Å². The van der Waals surface area contributed by atoms with Gasteiger partial charge in [0.05, 0.1) is 11.6 Å². The lowest BCUT2D eigenvalue weighted by Gasteiger charge is -2.35. The normalized spacial score (nSPS) is 14.3. The molecule has 2 heterocycles. The summed E-state index contributed by atoms with van der Waals surface area (Å²) in [6.45, 7) is 2.77. The fourth-order valence-corrected chi connectivity index (χ4v) is 2.26. The van der Waals surface area contributed by atoms with Crippen molar-refractivity contribution < 1.29 is 5.11 Å². The molecular weight excluding hydrogens is 325 g/mol. The number of hydrogen-bond donors (Lipinski definition) is 3. The molecule has 1 aromatic rings. The number of halogens is 3. The first kappa shape index (κ1) is 19.1. The Morgan fingerprint density at radius 2 is 1.95 bits per heavy atom. The quantitative estimate of drug-likeness (QED) is 0.553. The minimum atomic E-state index is -0.0644. The van der Waals surface area contributed by atoms with Gasteiger partial charge in [0.1, 0.15) is 5.82 Å². The second-order valence-electron chi connectivity index (χ2n) is 4.17. The Hall–Kier alpha value is -0.950. The Kier molecular flexibility index (Phi) is 7.96. The average molecular weight is 343 g/mol. The van der Waals surface area contributed by atoms with Crippen LogP contribution >= 0.6 is 36.4 Å². The summed E-state index contributed by atoms with van der Waals surface area (Å²) in [5, 5.41) is 16.9. The van der Waals surface area contributed by atoms with Crippen molar-refractivity contribution in [1.82, 2.24) is 9.88 Å². The van der Waals surface area contributed by atoms with E-state index >= 15 is 0 Å². The third-order valence-corrected chi connectivity index (χ3v) is 3.26. The van der Waals surface area contributed by atoms with Gasteiger partial charge in [-0.15, -0.1) is 24.8 Å². The van der Waals surface area contributed by atoms with Crippen molar-refractivity contribution >= 4 is 48.2 Å². The molecule has 0 saturated carbocycles. The predicted octanol–water partition coefficient (Wildman–Crippen LogP) is 1.09. The van der Waals surface area contributed by atoms with Gasteiger partial charge in [0.2, 0.25) is 0 Å². The largest absolute Gasteiger partial charge is 0.392 e. The minimum absolute atomic E-state index is 0. The van der Waals surface area contributed by atoms with E-state index in [9.17, 15) is 0 Å². The number of anilines is 1. The van der Waals surface area contributed by atoms with Crippen molar-refractivity contribution in [3.05, 3.63) is 22.8 Å². The molecule has 20 heavy (non-hydrogen) atoms. The lowest BCUT2D eigenvalue weighted by molar-refractivity contribution is 0.281. The summed E-state index contributed by atoms with van der Waals surface area (Å²) in [6.07, 6.45) is 1.62. The van der Waals surface area contributed by atoms with Crippen molar-refractivity contribution in [1.29, 1.82) is 5.41 Å². The summed E-state index contributed by atoms with van der Waals surface area (Å²) in [6, 6.07) is 1.72. The van der Waals surface area contributed by atoms with Gasteiger partial charge in [-0.2, -0.15) is 0 Å². The molecule has 1 aliphatic heterocycles. The van der Waals surface area contributed by atoms with Crippen LogP contribution in [-0.4, -0.2) is 47.1 Å². The lowest BCUT2D eigenvalue weighted by Crippen LogP contribution is -2.51. The molecule has 0 spiro atoms. The maximum absolute atomic E-state index is 9.00. The van der Waals surface area contributed by atoms with Crippen LogP contribution in [0.2, 0.25) is 5.02 Å². The van der Waals surface area contributed by atoms with Crippen LogP contribution in [0.4, 0.5) is 5.82 Å². The highest BCUT2D eigenvalue weighted by Crippen LogP contribution is 2.25. The monoisotopic (exact) mass is 341 g/mol. The van der Waals surface area contributed by atoms with E-state index < -0.39 is 0 Å². The molecule has 9 heteroatoms. The molecular formula is C11H18Cl3N5O. The topological polar surface area (TPSA) is 89.5 Å². The molecule has 0 aromatic carbocycles. The Balaban J connectivity index is 0.00000180. The maximum atomic E-state index is 9.00. The fourth-order valence-electron chi connectivity index (χ4n) is 1.95. The third-order valence-electron chi connectivity index (χ3n) is 2.98. The molecule has 0 unspecified atom stereocenters. The number of pyridine rings is 1. The second kappa shape index (κ2) is 8.36. The molecule has 114 valence electrons. The predicted molar refractivity (Wildman–Crippen MR) is 85.4 cm³/mol. The van der Waals surface area contributed by atoms with Crippen LogP contribution < -0.4 is 10.6 Å². The average Bonchev–Trinajstić information content (AvgIpc) is 2.38. The van der Waals surface area contributed by atoms with Gasteiger partial charge in [-0.25, -0.2) is 4.98 Å². The SMILES string of the molecule is Cl.Cl.N=C(N)N1CCN(c2ncc(CO)cc2Cl)CC1. The number of aliphatic hydroxyl groups is 1. The Labute approximate surface area is 135 Å². The van der Waals surface area contributed by atoms with E-state index in [2.05, 4.69) is 9.88 Å². The van der Waals surface area contributed by atoms with Crippen LogP contribution in [0, 0.1) is 5.41 Å². The van der Waals surface area contributed by atoms with Crippen molar-refractivity contribution in [2.45, 2.75) is 6.61 Å². The fraction of sp³-hybridized carbons (Fsp3) is 0.455. The minimum Gasteiger partial charge on any atom is -0.392 e. The molecule has 4 N–H and O–H groups in total. The molecule has 6 nitrogen and oxygen atoms in total. The van der Waals surface area contributed by atoms with Crippen LogP contribution in [0.25, 0.3) is 0 Å². The van der Waals surface area contributed by atoms with Gasteiger partial charge in [0.25, 0.3) is 0 Å². The lowest BCUT2D eigenvalue weighted by atomic mass is 10.2. The van der Waals surface area contributed by atoms with E-state index in [0.717, 1.165) is 18.9 Å². The summed E-state index contributed by atoms with van der Waals surface area (Å²) < 4.78 is 0. The maximum Gasteiger partial charge on any atom is 0.188 e. The summed E-state index contributed by atoms with van der Waals surface area (Å²) >= 11 is 6.14. The van der Waals surface area contributed by atoms with Crippen LogP contribution in [0.15, 0.2) is 12.3 Å². The van der Waals surface area contributed by atoms with Gasteiger partial charge in [-0.3, -0.25) is 5.41 Å². The number of aromatic nitrogens is 1. The highest BCUT2D eigenvalue weighted by molar-refractivity contribution is 6.33. The molecule has 0 radical (unpaired) electrons. The van der Waals surface area contributed by atoms with Gasteiger partial charge in [0, 0.05) is 32.4 Å². The number of piperazine rings is 1. The van der Waals surface area contributed by atoms with E-state index in [4.69, 9.17) is 27.9 Å². The van der Waals surface area contributed by atoms with E-state index in [0.29, 0.717) is 23.7 Å². The van der Waals surface area contributed by atoms with Crippen molar-refractivity contribution in [2.24, 2.45) is 5.73 Å². The standard InChI is InChI=1S/C11H16ClN5O.2ClH/c12-9-5-8(7-18)6-15-10(9)16-1-3-17(4-2-16)11(13)14;;/h5-6,18H,1-4,7H2,(H3,13,14);2*1H. The second-order valence-corrected chi connectivity index (χ2v) is 4.57. The smallest absolute Gasteiger partial charge is 0.188 e. The van der Waals surface area contributed by atoms with Gasteiger partial charge < -0.3 is 20.6 Å². The zero-order chi connectivity index (χ0) is 13.1. The Bertz CT molecular complexity index is 452. The van der Waals surface area contributed by atoms with Crippen LogP contribution in [0.1, 0.15) is 5.56 Å². The Morgan fingerprint density at radius 3 is 2.40 bits per heavy atom. The van der Waals surface area contributed by atoms with Gasteiger partial charge in [-0.1, -0.05) is 11.6 Å². The molecule has 1 aliphatic rings. The van der Waals surface area contributed by atoms with Crippen LogP contribution in [0.3, 0.4) is 0 Å². The van der Waals surface area contributed by atoms with E-state index in [-0.39, 0.29) is 37.4 Å². The first-order valence-electron chi connectivity index (χ1n) is 5.71. The highest BCUT2D eigenvalue weighted by Gasteiger charge is 2.20. The van der Waals surface area contributed by atoms with Crippen molar-refractivity contribution in [2.75, 3.05) is 31.1 Å². The van der Waals surface area contributed by atoms with Crippen LogP contribution in [0.5, 0.6) is 0 Å². The van der Waals surface area contributed by atoms with E-state index in [1.807, 2.05) is 4.90 Å². The van der Waals surface area contributed by atoms with E-state index in [1.54, 1.807) is 12.3 Å². The molecule has 0 bridgehead atoms. The third kappa shape index (κ3) is 4.28. The highest BCUT2D eigenvalue weighted by atomic mass is 35.5.